The van der Waals surface area contributed by atoms with E-state index in [-0.39, 0.29) is 0 Å². The minimum atomic E-state index is 1.15. The van der Waals surface area contributed by atoms with Crippen molar-refractivity contribution < 1.29 is 0 Å². The molecule has 0 N–H and O–H groups in total. The van der Waals surface area contributed by atoms with Crippen LogP contribution in [0.2, 0.25) is 0 Å². The standard InChI is InChI=1S/C42H26N2/c1-3-11-29-23-33(21-19-27(29)9-1)43(34-22-20-28-10-2-4-12-30(28)24-34)38-17-8-18-39-41(38)36-16-7-15-35-37-25-31-13-5-6-14-32(31)26-40(37)44(39)42(35)36/h1-26H. The maximum atomic E-state index is 2.49. The first kappa shape index (κ1) is 23.7. The van der Waals surface area contributed by atoms with Crippen LogP contribution in [0.25, 0.3) is 70.4 Å². The Kier molecular flexibility index (Phi) is 4.75. The Balaban J connectivity index is 1.33. The zero-order valence-electron chi connectivity index (χ0n) is 23.9. The minimum Gasteiger partial charge on any atom is -0.310 e. The van der Waals surface area contributed by atoms with Gasteiger partial charge in [0.2, 0.25) is 0 Å². The van der Waals surface area contributed by atoms with Crippen LogP contribution in [-0.2, 0) is 0 Å². The lowest BCUT2D eigenvalue weighted by atomic mass is 10.0. The molecule has 44 heavy (non-hydrogen) atoms. The summed E-state index contributed by atoms with van der Waals surface area (Å²) in [6.45, 7) is 0. The summed E-state index contributed by atoms with van der Waals surface area (Å²) >= 11 is 0. The van der Waals surface area contributed by atoms with Crippen molar-refractivity contribution in [2.24, 2.45) is 0 Å². The number of hydrogen-bond donors (Lipinski definition) is 0. The molecule has 0 aliphatic heterocycles. The van der Waals surface area contributed by atoms with E-state index < -0.39 is 0 Å². The summed E-state index contributed by atoms with van der Waals surface area (Å²) in [6, 6.07) is 57.9. The maximum Gasteiger partial charge on any atom is 0.0621 e. The van der Waals surface area contributed by atoms with Crippen LogP contribution < -0.4 is 4.90 Å². The van der Waals surface area contributed by atoms with Crippen LogP contribution in [0.15, 0.2) is 158 Å². The molecule has 0 spiro atoms. The Morgan fingerprint density at radius 1 is 0.364 bits per heavy atom. The lowest BCUT2D eigenvalue weighted by molar-refractivity contribution is 1.31. The van der Waals surface area contributed by atoms with Gasteiger partial charge in [-0.05, 0) is 80.8 Å². The van der Waals surface area contributed by atoms with E-state index in [9.17, 15) is 0 Å². The van der Waals surface area contributed by atoms with Crippen LogP contribution in [-0.4, -0.2) is 4.40 Å². The number of nitrogens with zero attached hydrogens (tertiary/aromatic N) is 2. The van der Waals surface area contributed by atoms with Gasteiger partial charge in [-0.2, -0.15) is 0 Å². The molecule has 0 saturated carbocycles. The molecule has 10 rings (SSSR count). The summed E-state index contributed by atoms with van der Waals surface area (Å²) in [7, 11) is 0. The van der Waals surface area contributed by atoms with Gasteiger partial charge >= 0.3 is 0 Å². The molecule has 2 nitrogen and oxygen atoms in total. The van der Waals surface area contributed by atoms with E-state index in [0.29, 0.717) is 0 Å². The topological polar surface area (TPSA) is 7.65 Å². The van der Waals surface area contributed by atoms with Crippen molar-refractivity contribution in [3.8, 4) is 0 Å². The van der Waals surface area contributed by atoms with E-state index in [1.807, 2.05) is 0 Å². The highest BCUT2D eigenvalue weighted by Crippen LogP contribution is 2.47. The third kappa shape index (κ3) is 3.25. The van der Waals surface area contributed by atoms with Crippen molar-refractivity contribution >= 4 is 87.5 Å². The monoisotopic (exact) mass is 558 g/mol. The Labute approximate surface area is 253 Å². The zero-order valence-corrected chi connectivity index (χ0v) is 23.9. The molecule has 0 amide bonds. The lowest BCUT2D eigenvalue weighted by Crippen LogP contribution is -2.10. The number of aromatic nitrogens is 1. The summed E-state index contributed by atoms with van der Waals surface area (Å²) in [5, 5.41) is 12.6. The second kappa shape index (κ2) is 8.82. The number of benzene rings is 8. The smallest absolute Gasteiger partial charge is 0.0621 e. The maximum absolute atomic E-state index is 2.49. The van der Waals surface area contributed by atoms with Gasteiger partial charge in [0.05, 0.1) is 22.2 Å². The van der Waals surface area contributed by atoms with Gasteiger partial charge in [-0.15, -0.1) is 0 Å². The summed E-state index contributed by atoms with van der Waals surface area (Å²) in [5.74, 6) is 0. The summed E-state index contributed by atoms with van der Waals surface area (Å²) in [6.07, 6.45) is 0. The van der Waals surface area contributed by atoms with Crippen molar-refractivity contribution in [2.45, 2.75) is 0 Å². The van der Waals surface area contributed by atoms with Gasteiger partial charge < -0.3 is 9.30 Å². The molecule has 2 aromatic heterocycles. The number of rotatable bonds is 3. The van der Waals surface area contributed by atoms with Crippen molar-refractivity contribution in [1.82, 2.24) is 4.40 Å². The molecule has 0 unspecified atom stereocenters. The normalized spacial score (nSPS) is 12.1. The predicted octanol–water partition coefficient (Wildman–Crippen LogP) is 11.8. The Morgan fingerprint density at radius 3 is 1.57 bits per heavy atom. The van der Waals surface area contributed by atoms with Gasteiger partial charge in [-0.25, -0.2) is 0 Å². The van der Waals surface area contributed by atoms with Gasteiger partial charge in [0.15, 0.2) is 0 Å². The molecule has 0 saturated heterocycles. The molecule has 204 valence electrons. The highest BCUT2D eigenvalue weighted by atomic mass is 15.1. The van der Waals surface area contributed by atoms with E-state index in [0.717, 1.165) is 11.4 Å². The van der Waals surface area contributed by atoms with E-state index >= 15 is 0 Å². The van der Waals surface area contributed by atoms with Crippen LogP contribution in [0.3, 0.4) is 0 Å². The molecule has 0 atom stereocenters. The summed E-state index contributed by atoms with van der Waals surface area (Å²) in [4.78, 5) is 2.45. The van der Waals surface area contributed by atoms with E-state index in [2.05, 4.69) is 167 Å². The minimum absolute atomic E-state index is 1.15. The molecular formula is C42H26N2. The lowest BCUT2D eigenvalue weighted by Gasteiger charge is -2.27. The first-order chi connectivity index (χ1) is 21.8. The second-order valence-electron chi connectivity index (χ2n) is 11.8. The van der Waals surface area contributed by atoms with Gasteiger partial charge in [0, 0.05) is 32.9 Å². The molecule has 0 bridgehead atoms. The fourth-order valence-corrected chi connectivity index (χ4v) is 7.44. The first-order valence-electron chi connectivity index (χ1n) is 15.2. The number of hydrogen-bond acceptors (Lipinski definition) is 1. The molecule has 0 aliphatic rings. The largest absolute Gasteiger partial charge is 0.310 e. The highest BCUT2D eigenvalue weighted by Gasteiger charge is 2.23. The third-order valence-corrected chi connectivity index (χ3v) is 9.41. The van der Waals surface area contributed by atoms with Gasteiger partial charge in [0.25, 0.3) is 0 Å². The van der Waals surface area contributed by atoms with Crippen LogP contribution >= 0.6 is 0 Å². The quantitative estimate of drug-likeness (QED) is 0.209. The molecule has 2 heteroatoms. The summed E-state index contributed by atoms with van der Waals surface area (Å²) < 4.78 is 2.49. The molecule has 2 heterocycles. The van der Waals surface area contributed by atoms with Crippen molar-refractivity contribution in [3.05, 3.63) is 158 Å². The Hall–Kier alpha value is -5.86. The second-order valence-corrected chi connectivity index (χ2v) is 11.8. The van der Waals surface area contributed by atoms with Gasteiger partial charge in [-0.3, -0.25) is 0 Å². The fraction of sp³-hybridized carbons (Fsp3) is 0. The van der Waals surface area contributed by atoms with E-state index in [1.54, 1.807) is 0 Å². The zero-order chi connectivity index (χ0) is 28.8. The number of anilines is 3. The molecule has 0 fully saturated rings. The van der Waals surface area contributed by atoms with E-state index in [1.165, 1.54) is 76.1 Å². The van der Waals surface area contributed by atoms with Crippen LogP contribution in [0.5, 0.6) is 0 Å². The van der Waals surface area contributed by atoms with Gasteiger partial charge in [0.1, 0.15) is 0 Å². The third-order valence-electron chi connectivity index (χ3n) is 9.41. The van der Waals surface area contributed by atoms with Crippen molar-refractivity contribution in [1.29, 1.82) is 0 Å². The van der Waals surface area contributed by atoms with Crippen molar-refractivity contribution in [3.63, 3.8) is 0 Å². The predicted molar refractivity (Wildman–Crippen MR) is 188 cm³/mol. The molecular weight excluding hydrogens is 532 g/mol. The molecule has 0 radical (unpaired) electrons. The Bertz CT molecular complexity index is 2650. The van der Waals surface area contributed by atoms with Crippen LogP contribution in [0, 0.1) is 0 Å². The molecule has 10 aromatic rings. The average Bonchev–Trinajstić information content (AvgIpc) is 3.59. The van der Waals surface area contributed by atoms with Crippen molar-refractivity contribution in [2.75, 3.05) is 4.90 Å². The summed E-state index contributed by atoms with van der Waals surface area (Å²) in [5.41, 5.74) is 7.24. The molecule has 8 aromatic carbocycles. The number of fused-ring (bicyclic) bond motifs is 9. The van der Waals surface area contributed by atoms with Crippen LogP contribution in [0.4, 0.5) is 17.1 Å². The highest BCUT2D eigenvalue weighted by molar-refractivity contribution is 6.27. The number of para-hydroxylation sites is 1. The first-order valence-corrected chi connectivity index (χ1v) is 15.2. The SMILES string of the molecule is c1ccc2cc(N(c3ccc4ccccc4c3)c3cccc4c3c3cccc5c6cc7ccccc7cc6n4c53)ccc2c1. The molecule has 0 aliphatic carbocycles. The van der Waals surface area contributed by atoms with E-state index in [4.69, 9.17) is 0 Å². The van der Waals surface area contributed by atoms with Gasteiger partial charge in [-0.1, -0.05) is 109 Å². The van der Waals surface area contributed by atoms with Crippen LogP contribution in [0.1, 0.15) is 0 Å². The fourth-order valence-electron chi connectivity index (χ4n) is 7.44. The average molecular weight is 559 g/mol. The Morgan fingerprint density at radius 2 is 0.909 bits per heavy atom.